The molecule has 0 heterocycles. The van der Waals surface area contributed by atoms with E-state index in [0.717, 1.165) is 24.8 Å². The minimum atomic E-state index is -0.245. The van der Waals surface area contributed by atoms with E-state index in [-0.39, 0.29) is 17.5 Å². The molecule has 0 saturated heterocycles. The molecule has 0 spiro atoms. The van der Waals surface area contributed by atoms with Gasteiger partial charge in [0.2, 0.25) is 0 Å². The van der Waals surface area contributed by atoms with E-state index in [1.165, 1.54) is 11.1 Å². The van der Waals surface area contributed by atoms with Gasteiger partial charge in [0, 0.05) is 18.4 Å². The van der Waals surface area contributed by atoms with Gasteiger partial charge in [0.25, 0.3) is 0 Å². The maximum atomic E-state index is 12.4. The number of allylic oxidation sites excluding steroid dienone is 3. The van der Waals surface area contributed by atoms with Gasteiger partial charge in [-0.3, -0.25) is 0 Å². The number of carbonyl (C=O) groups is 1. The topological polar surface area (TPSA) is 26.3 Å². The van der Waals surface area contributed by atoms with Crippen LogP contribution in [-0.2, 0) is 9.53 Å². The summed E-state index contributed by atoms with van der Waals surface area (Å²) in [7, 11) is 0. The normalized spacial score (nSPS) is 31.9. The minimum absolute atomic E-state index is 0.0543. The summed E-state index contributed by atoms with van der Waals surface area (Å²) < 4.78 is 5.94. The van der Waals surface area contributed by atoms with Crippen molar-refractivity contribution in [2.24, 2.45) is 17.3 Å². The molecule has 3 rings (SSSR count). The van der Waals surface area contributed by atoms with Crippen LogP contribution in [0.2, 0.25) is 0 Å². The second-order valence-electron chi connectivity index (χ2n) is 8.40. The van der Waals surface area contributed by atoms with Gasteiger partial charge in [-0.1, -0.05) is 67.5 Å². The highest BCUT2D eigenvalue weighted by atomic mass is 16.5. The Morgan fingerprint density at radius 3 is 2.62 bits per heavy atom. The first-order valence-corrected chi connectivity index (χ1v) is 9.64. The van der Waals surface area contributed by atoms with Crippen LogP contribution < -0.4 is 0 Å². The third kappa shape index (κ3) is 4.35. The van der Waals surface area contributed by atoms with E-state index >= 15 is 0 Å². The van der Waals surface area contributed by atoms with E-state index < -0.39 is 0 Å². The molecule has 2 heteroatoms. The van der Waals surface area contributed by atoms with E-state index in [2.05, 4.69) is 39.8 Å². The van der Waals surface area contributed by atoms with Gasteiger partial charge in [-0.25, -0.2) is 4.79 Å². The number of ether oxygens (including phenoxy) is 1. The third-order valence-corrected chi connectivity index (χ3v) is 5.89. The molecule has 0 aliphatic heterocycles. The molecular formula is C24H30O2. The summed E-state index contributed by atoms with van der Waals surface area (Å²) in [6, 6.07) is 9.86. The van der Waals surface area contributed by atoms with Crippen LogP contribution in [0.5, 0.6) is 0 Å². The zero-order valence-electron chi connectivity index (χ0n) is 16.4. The smallest absolute Gasteiger partial charge is 0.331 e. The van der Waals surface area contributed by atoms with E-state index in [1.54, 1.807) is 6.08 Å². The standard InChI is InChI=1S/C24H30O2/c1-17-9-8-10-18(2)16-21(23-20(15-17)24(23,3)4)26-22(25)14-13-19-11-6-5-7-12-19/h5-7,10-15,20-21,23H,8-9,16H2,1-4H3/b14-13+,17-15-,18-10-/t20-,21-,23-/m0/s1. The molecule has 138 valence electrons. The van der Waals surface area contributed by atoms with Crippen molar-refractivity contribution in [3.63, 3.8) is 0 Å². The molecule has 0 radical (unpaired) electrons. The van der Waals surface area contributed by atoms with Crippen LogP contribution in [0.15, 0.2) is 59.7 Å². The van der Waals surface area contributed by atoms with Crippen LogP contribution in [0.4, 0.5) is 0 Å². The second kappa shape index (κ2) is 7.65. The number of hydrogen-bond donors (Lipinski definition) is 0. The Balaban J connectivity index is 1.74. The molecule has 2 aliphatic carbocycles. The maximum absolute atomic E-state index is 12.4. The van der Waals surface area contributed by atoms with Crippen LogP contribution in [0.3, 0.4) is 0 Å². The lowest BCUT2D eigenvalue weighted by Crippen LogP contribution is -2.22. The number of benzene rings is 1. The first-order chi connectivity index (χ1) is 12.4. The Bertz CT molecular complexity index is 737. The van der Waals surface area contributed by atoms with Crippen LogP contribution in [-0.4, -0.2) is 12.1 Å². The summed E-state index contributed by atoms with van der Waals surface area (Å²) in [5.41, 5.74) is 3.98. The largest absolute Gasteiger partial charge is 0.459 e. The monoisotopic (exact) mass is 350 g/mol. The van der Waals surface area contributed by atoms with Gasteiger partial charge in [-0.2, -0.15) is 0 Å². The van der Waals surface area contributed by atoms with E-state index in [9.17, 15) is 4.79 Å². The Hall–Kier alpha value is -2.09. The van der Waals surface area contributed by atoms with E-state index in [0.29, 0.717) is 11.8 Å². The van der Waals surface area contributed by atoms with Crippen molar-refractivity contribution in [2.75, 3.05) is 0 Å². The highest BCUT2D eigenvalue weighted by molar-refractivity contribution is 5.87. The lowest BCUT2D eigenvalue weighted by Gasteiger charge is -2.20. The van der Waals surface area contributed by atoms with Crippen LogP contribution in [0, 0.1) is 17.3 Å². The molecule has 2 nitrogen and oxygen atoms in total. The first-order valence-electron chi connectivity index (χ1n) is 9.64. The van der Waals surface area contributed by atoms with Gasteiger partial charge in [0.1, 0.15) is 6.10 Å². The Kier molecular flexibility index (Phi) is 5.50. The second-order valence-corrected chi connectivity index (χ2v) is 8.40. The zero-order chi connectivity index (χ0) is 18.7. The molecule has 1 saturated carbocycles. The summed E-state index contributed by atoms with van der Waals surface area (Å²) in [5, 5.41) is 0. The molecule has 1 aromatic carbocycles. The Morgan fingerprint density at radius 1 is 1.15 bits per heavy atom. The van der Waals surface area contributed by atoms with Crippen molar-refractivity contribution in [1.29, 1.82) is 0 Å². The van der Waals surface area contributed by atoms with Gasteiger partial charge in [-0.05, 0) is 49.7 Å². The maximum Gasteiger partial charge on any atom is 0.331 e. The van der Waals surface area contributed by atoms with Crippen molar-refractivity contribution in [1.82, 2.24) is 0 Å². The van der Waals surface area contributed by atoms with Crippen LogP contribution >= 0.6 is 0 Å². The Morgan fingerprint density at radius 2 is 1.88 bits per heavy atom. The van der Waals surface area contributed by atoms with Gasteiger partial charge in [-0.15, -0.1) is 0 Å². The van der Waals surface area contributed by atoms with Gasteiger partial charge in [0.15, 0.2) is 0 Å². The zero-order valence-corrected chi connectivity index (χ0v) is 16.4. The highest BCUT2D eigenvalue weighted by Crippen LogP contribution is 2.62. The Labute approximate surface area is 157 Å². The molecule has 0 unspecified atom stereocenters. The van der Waals surface area contributed by atoms with Gasteiger partial charge >= 0.3 is 5.97 Å². The average Bonchev–Trinajstić information content (AvgIpc) is 3.13. The molecule has 1 aromatic rings. The molecule has 1 fully saturated rings. The highest BCUT2D eigenvalue weighted by Gasteiger charge is 2.60. The molecule has 0 N–H and O–H groups in total. The number of fused-ring (bicyclic) bond motifs is 1. The van der Waals surface area contributed by atoms with Crippen molar-refractivity contribution in [2.45, 2.75) is 53.1 Å². The molecule has 26 heavy (non-hydrogen) atoms. The van der Waals surface area contributed by atoms with E-state index in [1.807, 2.05) is 36.4 Å². The summed E-state index contributed by atoms with van der Waals surface area (Å²) in [4.78, 5) is 12.4. The number of esters is 1. The summed E-state index contributed by atoms with van der Waals surface area (Å²) in [6.07, 6.45) is 11.1. The fourth-order valence-corrected chi connectivity index (χ4v) is 4.24. The van der Waals surface area contributed by atoms with Crippen molar-refractivity contribution in [3.05, 3.63) is 65.3 Å². The van der Waals surface area contributed by atoms with Crippen molar-refractivity contribution < 1.29 is 9.53 Å². The molecule has 3 atom stereocenters. The summed E-state index contributed by atoms with van der Waals surface area (Å²) >= 11 is 0. The van der Waals surface area contributed by atoms with Crippen LogP contribution in [0.1, 0.15) is 52.5 Å². The molecule has 0 aromatic heterocycles. The predicted octanol–water partition coefficient (Wildman–Crippen LogP) is 5.96. The third-order valence-electron chi connectivity index (χ3n) is 5.89. The molecule has 2 aliphatic rings. The lowest BCUT2D eigenvalue weighted by molar-refractivity contribution is -0.144. The summed E-state index contributed by atoms with van der Waals surface area (Å²) in [5.74, 6) is 0.656. The number of carbonyl (C=O) groups excluding carboxylic acids is 1. The number of rotatable bonds is 3. The fourth-order valence-electron chi connectivity index (χ4n) is 4.24. The lowest BCUT2D eigenvalue weighted by atomic mass is 9.98. The molecule has 0 amide bonds. The minimum Gasteiger partial charge on any atom is -0.459 e. The average molecular weight is 351 g/mol. The predicted molar refractivity (Wildman–Crippen MR) is 107 cm³/mol. The van der Waals surface area contributed by atoms with Crippen LogP contribution in [0.25, 0.3) is 6.08 Å². The van der Waals surface area contributed by atoms with Gasteiger partial charge < -0.3 is 4.74 Å². The van der Waals surface area contributed by atoms with Crippen molar-refractivity contribution in [3.8, 4) is 0 Å². The number of hydrogen-bond acceptors (Lipinski definition) is 2. The quantitative estimate of drug-likeness (QED) is 0.382. The fraction of sp³-hybridized carbons (Fsp3) is 0.458. The summed E-state index contributed by atoms with van der Waals surface area (Å²) in [6.45, 7) is 8.97. The van der Waals surface area contributed by atoms with E-state index in [4.69, 9.17) is 4.74 Å². The van der Waals surface area contributed by atoms with Crippen molar-refractivity contribution >= 4 is 12.0 Å². The SMILES string of the molecule is C/C1=C/[C@H]2[C@@H]([C@@H](OC(=O)/C=C/c3ccccc3)C/C(C)=C\CC1)C2(C)C. The van der Waals surface area contributed by atoms with Gasteiger partial charge in [0.05, 0.1) is 0 Å². The molecular weight excluding hydrogens is 320 g/mol. The first kappa shape index (κ1) is 18.7. The molecule has 0 bridgehead atoms.